The summed E-state index contributed by atoms with van der Waals surface area (Å²) in [4.78, 5) is 32.4. The molecule has 0 aliphatic heterocycles. The molecular formula is C20H18ClF3N6O3. The number of carbonyl (C=O) groups excluding carboxylic acids is 1. The van der Waals surface area contributed by atoms with Gasteiger partial charge in [-0.15, -0.1) is 0 Å². The highest BCUT2D eigenvalue weighted by Crippen LogP contribution is 2.25. The van der Waals surface area contributed by atoms with Gasteiger partial charge < -0.3 is 15.8 Å². The Bertz CT molecular complexity index is 1240. The minimum atomic E-state index is -3.62. The summed E-state index contributed by atoms with van der Waals surface area (Å²) < 4.78 is 43.6. The Kier molecular flexibility index (Phi) is 7.16. The first-order chi connectivity index (χ1) is 15.6. The molecule has 0 saturated carbocycles. The van der Waals surface area contributed by atoms with Crippen molar-refractivity contribution in [1.82, 2.24) is 19.9 Å². The minimum absolute atomic E-state index is 0.0117. The third-order valence-corrected chi connectivity index (χ3v) is 4.89. The van der Waals surface area contributed by atoms with Crippen molar-refractivity contribution >= 4 is 23.3 Å². The summed E-state index contributed by atoms with van der Waals surface area (Å²) in [6, 6.07) is 5.01. The van der Waals surface area contributed by atoms with Gasteiger partial charge in [-0.1, -0.05) is 11.6 Å². The number of aromatic nitrogens is 4. The number of alkyl halides is 2. The van der Waals surface area contributed by atoms with Crippen LogP contribution in [0, 0.1) is 17.9 Å². The van der Waals surface area contributed by atoms with E-state index in [1.54, 1.807) is 6.92 Å². The van der Waals surface area contributed by atoms with E-state index in [0.29, 0.717) is 5.56 Å². The number of pyridine rings is 2. The Balaban J connectivity index is 1.70. The summed E-state index contributed by atoms with van der Waals surface area (Å²) in [6.07, 6.45) is 3.32. The average Bonchev–Trinajstić information content (AvgIpc) is 2.77. The summed E-state index contributed by atoms with van der Waals surface area (Å²) in [7, 11) is 0. The molecule has 0 unspecified atom stereocenters. The van der Waals surface area contributed by atoms with Gasteiger partial charge in [0, 0.05) is 18.3 Å². The second kappa shape index (κ2) is 9.86. The van der Waals surface area contributed by atoms with Crippen LogP contribution in [-0.4, -0.2) is 27.0 Å². The van der Waals surface area contributed by atoms with Gasteiger partial charge in [0.15, 0.2) is 12.0 Å². The predicted molar refractivity (Wildman–Crippen MR) is 112 cm³/mol. The fourth-order valence-electron chi connectivity index (χ4n) is 2.83. The van der Waals surface area contributed by atoms with Gasteiger partial charge in [0.25, 0.3) is 11.3 Å². The van der Waals surface area contributed by atoms with Crippen LogP contribution in [0.2, 0.25) is 5.15 Å². The van der Waals surface area contributed by atoms with E-state index in [2.05, 4.69) is 20.6 Å². The van der Waals surface area contributed by atoms with Crippen LogP contribution >= 0.6 is 11.6 Å². The van der Waals surface area contributed by atoms with E-state index in [1.807, 2.05) is 0 Å². The number of amides is 1. The van der Waals surface area contributed by atoms with Crippen LogP contribution in [0.1, 0.15) is 17.0 Å². The van der Waals surface area contributed by atoms with Gasteiger partial charge in [0.1, 0.15) is 17.5 Å². The SMILES string of the molecule is Cc1ccnc(CNC(=O)Cn2c(Cl)cnc(NCC(F)(F)c3cccc[n+]3[O-])c2=O)c1F. The highest BCUT2D eigenvalue weighted by Gasteiger charge is 2.39. The molecule has 0 saturated heterocycles. The van der Waals surface area contributed by atoms with Gasteiger partial charge in [-0.2, -0.15) is 13.5 Å². The zero-order valence-electron chi connectivity index (χ0n) is 17.2. The molecule has 0 aliphatic rings. The Hall–Kier alpha value is -3.67. The molecule has 174 valence electrons. The molecule has 3 rings (SSSR count). The third kappa shape index (κ3) is 5.58. The molecule has 3 aromatic heterocycles. The van der Waals surface area contributed by atoms with Gasteiger partial charge >= 0.3 is 5.92 Å². The molecule has 33 heavy (non-hydrogen) atoms. The molecule has 9 nitrogen and oxygen atoms in total. The lowest BCUT2D eigenvalue weighted by molar-refractivity contribution is -0.624. The monoisotopic (exact) mass is 482 g/mol. The zero-order chi connectivity index (χ0) is 24.2. The Morgan fingerprint density at radius 3 is 2.79 bits per heavy atom. The summed E-state index contributed by atoms with van der Waals surface area (Å²) in [5, 5.41) is 16.0. The minimum Gasteiger partial charge on any atom is -0.618 e. The second-order valence-electron chi connectivity index (χ2n) is 6.96. The molecule has 0 aliphatic carbocycles. The molecule has 3 aromatic rings. The van der Waals surface area contributed by atoms with Crippen LogP contribution in [0.25, 0.3) is 0 Å². The van der Waals surface area contributed by atoms with Crippen LogP contribution in [-0.2, 0) is 23.8 Å². The number of halogens is 4. The van der Waals surface area contributed by atoms with Crippen molar-refractivity contribution in [3.05, 3.63) is 86.3 Å². The molecule has 13 heteroatoms. The number of carbonyl (C=O) groups is 1. The topological polar surface area (TPSA) is 116 Å². The lowest BCUT2D eigenvalue weighted by Crippen LogP contribution is -2.41. The highest BCUT2D eigenvalue weighted by molar-refractivity contribution is 6.29. The highest BCUT2D eigenvalue weighted by atomic mass is 35.5. The molecular weight excluding hydrogens is 465 g/mol. The maximum atomic E-state index is 14.4. The molecule has 1 amide bonds. The van der Waals surface area contributed by atoms with E-state index in [1.165, 1.54) is 24.4 Å². The number of rotatable bonds is 8. The second-order valence-corrected chi connectivity index (χ2v) is 7.34. The molecule has 0 radical (unpaired) electrons. The van der Waals surface area contributed by atoms with Crippen LogP contribution in [0.5, 0.6) is 0 Å². The zero-order valence-corrected chi connectivity index (χ0v) is 17.9. The lowest BCUT2D eigenvalue weighted by atomic mass is 10.2. The first-order valence-corrected chi connectivity index (χ1v) is 9.90. The number of hydrogen-bond donors (Lipinski definition) is 2. The van der Waals surface area contributed by atoms with E-state index in [9.17, 15) is 28.0 Å². The van der Waals surface area contributed by atoms with Crippen molar-refractivity contribution in [2.75, 3.05) is 11.9 Å². The van der Waals surface area contributed by atoms with Gasteiger partial charge in [-0.05, 0) is 24.6 Å². The Labute approximate surface area is 190 Å². The van der Waals surface area contributed by atoms with Gasteiger partial charge in [0.05, 0.1) is 25.0 Å². The van der Waals surface area contributed by atoms with Crippen molar-refractivity contribution in [2.45, 2.75) is 25.9 Å². The molecule has 0 spiro atoms. The number of nitrogens with one attached hydrogen (secondary N) is 2. The normalized spacial score (nSPS) is 11.3. The van der Waals surface area contributed by atoms with Crippen LogP contribution in [0.3, 0.4) is 0 Å². The van der Waals surface area contributed by atoms with E-state index < -0.39 is 47.8 Å². The summed E-state index contributed by atoms with van der Waals surface area (Å²) in [5.74, 6) is -5.38. The largest absolute Gasteiger partial charge is 0.618 e. The number of nitrogens with zero attached hydrogens (tertiary/aromatic N) is 4. The smallest absolute Gasteiger partial charge is 0.347 e. The number of hydrogen-bond acceptors (Lipinski definition) is 6. The first-order valence-electron chi connectivity index (χ1n) is 9.52. The van der Waals surface area contributed by atoms with Crippen molar-refractivity contribution in [1.29, 1.82) is 0 Å². The summed E-state index contributed by atoms with van der Waals surface area (Å²) in [6.45, 7) is -0.357. The molecule has 3 heterocycles. The number of anilines is 1. The van der Waals surface area contributed by atoms with E-state index >= 15 is 0 Å². The van der Waals surface area contributed by atoms with E-state index in [-0.39, 0.29) is 22.1 Å². The Morgan fingerprint density at radius 2 is 2.06 bits per heavy atom. The molecule has 2 N–H and O–H groups in total. The predicted octanol–water partition coefficient (Wildman–Crippen LogP) is 1.89. The van der Waals surface area contributed by atoms with Crippen molar-refractivity contribution < 1.29 is 22.7 Å². The standard InChI is InChI=1S/C20H18ClF3N6O3/c1-12-5-6-25-13(17(12)22)8-26-16(31)10-29-15(21)9-27-18(19(29)32)28-11-20(23,24)14-4-2-3-7-30(14)33/h2-7,9H,8,10-11H2,1H3,(H,26,31)(H,27,28). The third-order valence-electron chi connectivity index (χ3n) is 4.59. The summed E-state index contributed by atoms with van der Waals surface area (Å²) >= 11 is 5.94. The quantitative estimate of drug-likeness (QED) is 0.374. The molecule has 0 atom stereocenters. The van der Waals surface area contributed by atoms with Crippen molar-refractivity contribution in [3.63, 3.8) is 0 Å². The van der Waals surface area contributed by atoms with Gasteiger partial charge in [-0.3, -0.25) is 19.1 Å². The molecule has 0 bridgehead atoms. The molecule has 0 aromatic carbocycles. The van der Waals surface area contributed by atoms with E-state index in [4.69, 9.17) is 11.6 Å². The fourth-order valence-corrected chi connectivity index (χ4v) is 3.02. The number of aryl methyl sites for hydroxylation is 1. The molecule has 0 fully saturated rings. The maximum absolute atomic E-state index is 14.4. The van der Waals surface area contributed by atoms with Gasteiger partial charge in [0.2, 0.25) is 5.91 Å². The summed E-state index contributed by atoms with van der Waals surface area (Å²) in [5.41, 5.74) is -1.38. The van der Waals surface area contributed by atoms with Gasteiger partial charge in [-0.25, -0.2) is 9.37 Å². The van der Waals surface area contributed by atoms with E-state index in [0.717, 1.165) is 23.0 Å². The van der Waals surface area contributed by atoms with Crippen molar-refractivity contribution in [2.24, 2.45) is 0 Å². The van der Waals surface area contributed by atoms with Crippen LogP contribution in [0.15, 0.2) is 47.7 Å². The fraction of sp³-hybridized carbons (Fsp3) is 0.250. The lowest BCUT2D eigenvalue weighted by Gasteiger charge is -2.17. The Morgan fingerprint density at radius 1 is 1.30 bits per heavy atom. The maximum Gasteiger partial charge on any atom is 0.347 e. The average molecular weight is 483 g/mol. The van der Waals surface area contributed by atoms with Crippen molar-refractivity contribution in [3.8, 4) is 0 Å². The van der Waals surface area contributed by atoms with Crippen LogP contribution in [0.4, 0.5) is 19.0 Å². The first kappa shape index (κ1) is 24.0. The van der Waals surface area contributed by atoms with Crippen LogP contribution < -0.4 is 20.9 Å².